The fourth-order valence-electron chi connectivity index (χ4n) is 2.28. The van der Waals surface area contributed by atoms with Gasteiger partial charge in [0.25, 0.3) is 5.91 Å². The van der Waals surface area contributed by atoms with Crippen molar-refractivity contribution in [3.8, 4) is 0 Å². The van der Waals surface area contributed by atoms with Crippen LogP contribution in [0.1, 0.15) is 47.7 Å². The van der Waals surface area contributed by atoms with E-state index in [0.29, 0.717) is 18.0 Å². The van der Waals surface area contributed by atoms with Crippen LogP contribution in [0, 0.1) is 0 Å². The van der Waals surface area contributed by atoms with Crippen LogP contribution in [-0.2, 0) is 16.6 Å². The van der Waals surface area contributed by atoms with Gasteiger partial charge in [-0.3, -0.25) is 4.79 Å². The number of hydrogen-bond donors (Lipinski definition) is 2. The monoisotopic (exact) mass is 346 g/mol. The van der Waals surface area contributed by atoms with Gasteiger partial charge in [0.05, 0.1) is 4.90 Å². The maximum Gasteiger partial charge on any atom is 0.251 e. The van der Waals surface area contributed by atoms with E-state index in [4.69, 9.17) is 5.14 Å². The third kappa shape index (κ3) is 4.66. The molecule has 1 amide bonds. The van der Waals surface area contributed by atoms with Crippen LogP contribution in [0.15, 0.2) is 53.4 Å². The first-order valence-electron chi connectivity index (χ1n) is 7.81. The molecule has 3 N–H and O–H groups in total. The summed E-state index contributed by atoms with van der Waals surface area (Å²) in [5.74, 6) is 0.306. The molecule has 0 aromatic heterocycles. The Balaban J connectivity index is 1.98. The molecular formula is C18H22N2O3S. The highest BCUT2D eigenvalue weighted by atomic mass is 32.2. The van der Waals surface area contributed by atoms with Gasteiger partial charge < -0.3 is 5.32 Å². The maximum atomic E-state index is 12.2. The Morgan fingerprint density at radius 1 is 1.08 bits per heavy atom. The van der Waals surface area contributed by atoms with Gasteiger partial charge >= 0.3 is 0 Å². The number of carbonyl (C=O) groups is 1. The summed E-state index contributed by atoms with van der Waals surface area (Å²) >= 11 is 0. The van der Waals surface area contributed by atoms with E-state index in [2.05, 4.69) is 19.2 Å². The lowest BCUT2D eigenvalue weighted by Gasteiger charge is -2.10. The number of nitrogens with one attached hydrogen (secondary N) is 1. The van der Waals surface area contributed by atoms with Crippen molar-refractivity contribution in [1.82, 2.24) is 5.32 Å². The predicted molar refractivity (Wildman–Crippen MR) is 94.1 cm³/mol. The summed E-state index contributed by atoms with van der Waals surface area (Å²) in [4.78, 5) is 12.2. The molecule has 2 rings (SSSR count). The number of amides is 1. The van der Waals surface area contributed by atoms with Gasteiger partial charge in [0.2, 0.25) is 10.0 Å². The summed E-state index contributed by atoms with van der Waals surface area (Å²) in [6.45, 7) is 4.60. The molecular weight excluding hydrogens is 324 g/mol. The fraction of sp³-hybridized carbons (Fsp3) is 0.278. The number of nitrogens with two attached hydrogens (primary N) is 1. The summed E-state index contributed by atoms with van der Waals surface area (Å²) < 4.78 is 22.4. The number of rotatable bonds is 6. The molecule has 0 saturated heterocycles. The molecule has 0 aliphatic heterocycles. The molecule has 24 heavy (non-hydrogen) atoms. The molecule has 0 spiro atoms. The standard InChI is InChI=1S/C18H22N2O3S/c1-3-13(2)15-6-8-16(9-7-15)18(21)20-12-14-4-10-17(11-5-14)24(19,22)23/h4-11,13H,3,12H2,1-2H3,(H,20,21)(H2,19,22,23). The number of sulfonamides is 1. The Hall–Kier alpha value is -2.18. The summed E-state index contributed by atoms with van der Waals surface area (Å²) in [7, 11) is -3.69. The van der Waals surface area contributed by atoms with E-state index >= 15 is 0 Å². The Bertz CT molecular complexity index is 797. The molecule has 5 nitrogen and oxygen atoms in total. The quantitative estimate of drug-likeness (QED) is 0.843. The topological polar surface area (TPSA) is 89.3 Å². The van der Waals surface area contributed by atoms with E-state index in [1.165, 1.54) is 17.7 Å². The number of hydrogen-bond acceptors (Lipinski definition) is 3. The van der Waals surface area contributed by atoms with Crippen molar-refractivity contribution in [1.29, 1.82) is 0 Å². The van der Waals surface area contributed by atoms with Gasteiger partial charge in [-0.2, -0.15) is 0 Å². The van der Waals surface area contributed by atoms with E-state index in [-0.39, 0.29) is 10.8 Å². The van der Waals surface area contributed by atoms with Gasteiger partial charge in [0.1, 0.15) is 0 Å². The van der Waals surface area contributed by atoms with Gasteiger partial charge in [0.15, 0.2) is 0 Å². The smallest absolute Gasteiger partial charge is 0.251 e. The summed E-state index contributed by atoms with van der Waals surface area (Å²) in [5, 5.41) is 7.87. The van der Waals surface area contributed by atoms with Crippen LogP contribution < -0.4 is 10.5 Å². The normalized spacial score (nSPS) is 12.6. The molecule has 6 heteroatoms. The van der Waals surface area contributed by atoms with Gasteiger partial charge in [0, 0.05) is 12.1 Å². The van der Waals surface area contributed by atoms with Crippen molar-refractivity contribution in [2.45, 2.75) is 37.6 Å². The molecule has 0 aliphatic carbocycles. The first-order chi connectivity index (χ1) is 11.3. The third-order valence-corrected chi connectivity index (χ3v) is 4.99. The van der Waals surface area contributed by atoms with E-state index in [1.807, 2.05) is 24.3 Å². The van der Waals surface area contributed by atoms with Gasteiger partial charge in [-0.1, -0.05) is 38.1 Å². The van der Waals surface area contributed by atoms with Crippen LogP contribution >= 0.6 is 0 Å². The van der Waals surface area contributed by atoms with Crippen LogP contribution in [-0.4, -0.2) is 14.3 Å². The number of carbonyl (C=O) groups excluding carboxylic acids is 1. The number of benzene rings is 2. The zero-order valence-corrected chi connectivity index (χ0v) is 14.6. The zero-order chi connectivity index (χ0) is 17.7. The summed E-state index contributed by atoms with van der Waals surface area (Å²) in [5.41, 5.74) is 2.61. The van der Waals surface area contributed by atoms with E-state index in [9.17, 15) is 13.2 Å². The Morgan fingerprint density at radius 3 is 2.17 bits per heavy atom. The molecule has 0 saturated carbocycles. The van der Waals surface area contributed by atoms with Crippen molar-refractivity contribution < 1.29 is 13.2 Å². The molecule has 0 radical (unpaired) electrons. The lowest BCUT2D eigenvalue weighted by molar-refractivity contribution is 0.0951. The minimum atomic E-state index is -3.69. The SMILES string of the molecule is CCC(C)c1ccc(C(=O)NCc2ccc(S(N)(=O)=O)cc2)cc1. The Morgan fingerprint density at radius 2 is 1.67 bits per heavy atom. The molecule has 1 atom stereocenters. The average molecular weight is 346 g/mol. The van der Waals surface area contributed by atoms with E-state index < -0.39 is 10.0 Å². The number of primary sulfonamides is 1. The Kier molecular flexibility index (Phi) is 5.75. The highest BCUT2D eigenvalue weighted by Crippen LogP contribution is 2.18. The molecule has 0 heterocycles. The summed E-state index contributed by atoms with van der Waals surface area (Å²) in [6, 6.07) is 13.7. The fourth-order valence-corrected chi connectivity index (χ4v) is 2.80. The second kappa shape index (κ2) is 7.59. The molecule has 128 valence electrons. The van der Waals surface area contributed by atoms with E-state index in [0.717, 1.165) is 12.0 Å². The second-order valence-corrected chi connectivity index (χ2v) is 7.36. The van der Waals surface area contributed by atoms with Crippen molar-refractivity contribution in [3.05, 3.63) is 65.2 Å². The van der Waals surface area contributed by atoms with Gasteiger partial charge in [-0.05, 0) is 47.7 Å². The largest absolute Gasteiger partial charge is 0.348 e. The molecule has 2 aromatic rings. The lowest BCUT2D eigenvalue weighted by atomic mass is 9.97. The first-order valence-corrected chi connectivity index (χ1v) is 9.35. The average Bonchev–Trinajstić information content (AvgIpc) is 2.58. The Labute approximate surface area is 142 Å². The van der Waals surface area contributed by atoms with Crippen LogP contribution in [0.2, 0.25) is 0 Å². The van der Waals surface area contributed by atoms with Crippen LogP contribution in [0.25, 0.3) is 0 Å². The summed E-state index contributed by atoms with van der Waals surface area (Å²) in [6.07, 6.45) is 1.06. The van der Waals surface area contributed by atoms with Crippen molar-refractivity contribution in [2.75, 3.05) is 0 Å². The minimum absolute atomic E-state index is 0.0539. The van der Waals surface area contributed by atoms with Crippen molar-refractivity contribution in [3.63, 3.8) is 0 Å². The maximum absolute atomic E-state index is 12.2. The molecule has 0 aliphatic rings. The highest BCUT2D eigenvalue weighted by Gasteiger charge is 2.09. The van der Waals surface area contributed by atoms with Gasteiger partial charge in [-0.25, -0.2) is 13.6 Å². The van der Waals surface area contributed by atoms with Crippen LogP contribution in [0.4, 0.5) is 0 Å². The second-order valence-electron chi connectivity index (χ2n) is 5.80. The molecule has 0 bridgehead atoms. The van der Waals surface area contributed by atoms with E-state index in [1.54, 1.807) is 12.1 Å². The van der Waals surface area contributed by atoms with Crippen molar-refractivity contribution in [2.24, 2.45) is 5.14 Å². The third-order valence-electron chi connectivity index (χ3n) is 4.06. The van der Waals surface area contributed by atoms with Crippen molar-refractivity contribution >= 4 is 15.9 Å². The first kappa shape index (κ1) is 18.2. The van der Waals surface area contributed by atoms with Crippen LogP contribution in [0.3, 0.4) is 0 Å². The minimum Gasteiger partial charge on any atom is -0.348 e. The molecule has 1 unspecified atom stereocenters. The van der Waals surface area contributed by atoms with Crippen LogP contribution in [0.5, 0.6) is 0 Å². The molecule has 0 fully saturated rings. The highest BCUT2D eigenvalue weighted by molar-refractivity contribution is 7.89. The van der Waals surface area contributed by atoms with Gasteiger partial charge in [-0.15, -0.1) is 0 Å². The lowest BCUT2D eigenvalue weighted by Crippen LogP contribution is -2.22. The zero-order valence-electron chi connectivity index (χ0n) is 13.8. The predicted octanol–water partition coefficient (Wildman–Crippen LogP) is 2.78. The molecule has 2 aromatic carbocycles.